The van der Waals surface area contributed by atoms with E-state index >= 15 is 0 Å². The molecule has 0 spiro atoms. The molecule has 0 saturated carbocycles. The van der Waals surface area contributed by atoms with Gasteiger partial charge in [-0.1, -0.05) is 29.8 Å². The van der Waals surface area contributed by atoms with Gasteiger partial charge in [-0.25, -0.2) is 0 Å². The van der Waals surface area contributed by atoms with Gasteiger partial charge in [0.2, 0.25) is 0 Å². The lowest BCUT2D eigenvalue weighted by Crippen LogP contribution is -2.31. The summed E-state index contributed by atoms with van der Waals surface area (Å²) < 4.78 is 0. The number of pyridine rings is 1. The van der Waals surface area contributed by atoms with E-state index < -0.39 is 5.97 Å². The molecule has 0 bridgehead atoms. The van der Waals surface area contributed by atoms with E-state index in [0.29, 0.717) is 6.54 Å². The average molecular weight is 376 g/mol. The van der Waals surface area contributed by atoms with Crippen LogP contribution in [0.2, 0.25) is 0 Å². The summed E-state index contributed by atoms with van der Waals surface area (Å²) in [6.45, 7) is 7.40. The average Bonchev–Trinajstić information content (AvgIpc) is 2.67. The number of benzene rings is 2. The fourth-order valence-electron chi connectivity index (χ4n) is 4.45. The zero-order valence-corrected chi connectivity index (χ0v) is 16.4. The summed E-state index contributed by atoms with van der Waals surface area (Å²) in [5, 5.41) is 13.9. The van der Waals surface area contributed by atoms with Crippen LogP contribution in [0.25, 0.3) is 22.0 Å². The molecule has 1 aliphatic heterocycles. The van der Waals surface area contributed by atoms with E-state index in [-0.39, 0.29) is 12.0 Å². The number of aromatic amines is 1. The fourth-order valence-corrected chi connectivity index (χ4v) is 4.45. The maximum absolute atomic E-state index is 12.7. The van der Waals surface area contributed by atoms with Crippen molar-refractivity contribution < 1.29 is 9.90 Å². The molecule has 144 valence electrons. The van der Waals surface area contributed by atoms with E-state index in [0.717, 1.165) is 68.4 Å². The normalized spacial score (nSPS) is 13.5. The minimum absolute atomic E-state index is 0.0769. The lowest BCUT2D eigenvalue weighted by Gasteiger charge is -2.24. The van der Waals surface area contributed by atoms with Gasteiger partial charge in [0.15, 0.2) is 0 Å². The summed E-state index contributed by atoms with van der Waals surface area (Å²) in [7, 11) is 0. The van der Waals surface area contributed by atoms with Crippen molar-refractivity contribution in [3.05, 3.63) is 68.0 Å². The topological polar surface area (TPSA) is 82.2 Å². The van der Waals surface area contributed by atoms with E-state index in [1.54, 1.807) is 0 Å². The van der Waals surface area contributed by atoms with Crippen LogP contribution in [-0.4, -0.2) is 22.6 Å². The van der Waals surface area contributed by atoms with E-state index in [4.69, 9.17) is 0 Å². The number of hydrogen-bond donors (Lipinski definition) is 3. The highest BCUT2D eigenvalue weighted by atomic mass is 16.4. The number of nitrogens with one attached hydrogen (secondary N) is 2. The molecule has 5 heteroatoms. The number of aryl methyl sites for hydroxylation is 3. The predicted molar refractivity (Wildman–Crippen MR) is 111 cm³/mol. The predicted octanol–water partition coefficient (Wildman–Crippen LogP) is 3.39. The van der Waals surface area contributed by atoms with E-state index in [1.807, 2.05) is 45.0 Å². The maximum atomic E-state index is 12.7. The van der Waals surface area contributed by atoms with Crippen LogP contribution in [0, 0.1) is 20.8 Å². The number of carboxylic acids is 1. The first kappa shape index (κ1) is 18.4. The van der Waals surface area contributed by atoms with Gasteiger partial charge in [0.05, 0.1) is 11.9 Å². The molecule has 0 fully saturated rings. The SMILES string of the molecule is Cc1ccc(-c2c(CC(=O)O)c(C)c3[nH]c(=O)c4c(c3c2C)CCNC4)cc1. The van der Waals surface area contributed by atoms with Gasteiger partial charge in [-0.3, -0.25) is 9.59 Å². The van der Waals surface area contributed by atoms with Crippen LogP contribution in [0.5, 0.6) is 0 Å². The summed E-state index contributed by atoms with van der Waals surface area (Å²) in [5.74, 6) is -0.875. The first-order valence-electron chi connectivity index (χ1n) is 9.57. The third-order valence-corrected chi connectivity index (χ3v) is 5.83. The lowest BCUT2D eigenvalue weighted by molar-refractivity contribution is -0.136. The molecule has 0 aliphatic carbocycles. The van der Waals surface area contributed by atoms with E-state index in [9.17, 15) is 14.7 Å². The van der Waals surface area contributed by atoms with Crippen LogP contribution >= 0.6 is 0 Å². The van der Waals surface area contributed by atoms with Crippen LogP contribution in [0.15, 0.2) is 29.1 Å². The fraction of sp³-hybridized carbons (Fsp3) is 0.304. The Labute approximate surface area is 163 Å². The lowest BCUT2D eigenvalue weighted by atomic mass is 9.84. The number of aromatic nitrogens is 1. The Morgan fingerprint density at radius 3 is 2.46 bits per heavy atom. The Morgan fingerprint density at radius 2 is 1.79 bits per heavy atom. The third kappa shape index (κ3) is 2.92. The number of carboxylic acid groups (broad SMARTS) is 1. The number of aliphatic carboxylic acids is 1. The van der Waals surface area contributed by atoms with Gasteiger partial charge in [-0.15, -0.1) is 0 Å². The highest BCUT2D eigenvalue weighted by molar-refractivity contribution is 5.97. The van der Waals surface area contributed by atoms with Crippen molar-refractivity contribution in [2.75, 3.05) is 6.54 Å². The second kappa shape index (κ2) is 6.91. The summed E-state index contributed by atoms with van der Waals surface area (Å²) in [6, 6.07) is 8.19. The van der Waals surface area contributed by atoms with E-state index in [2.05, 4.69) is 10.3 Å². The molecular weight excluding hydrogens is 352 g/mol. The zero-order chi connectivity index (χ0) is 20.0. The van der Waals surface area contributed by atoms with Crippen molar-refractivity contribution in [2.45, 2.75) is 40.2 Å². The molecule has 1 aliphatic rings. The smallest absolute Gasteiger partial charge is 0.307 e. The van der Waals surface area contributed by atoms with Crippen LogP contribution in [0.3, 0.4) is 0 Å². The highest BCUT2D eigenvalue weighted by Crippen LogP contribution is 2.38. The van der Waals surface area contributed by atoms with Crippen molar-refractivity contribution in [2.24, 2.45) is 0 Å². The van der Waals surface area contributed by atoms with Gasteiger partial charge < -0.3 is 15.4 Å². The molecule has 3 N–H and O–H groups in total. The molecule has 5 nitrogen and oxygen atoms in total. The molecule has 2 aromatic carbocycles. The Kier molecular flexibility index (Phi) is 4.55. The molecule has 28 heavy (non-hydrogen) atoms. The molecular formula is C23H24N2O3. The number of H-pyrrole nitrogens is 1. The zero-order valence-electron chi connectivity index (χ0n) is 16.4. The molecule has 0 radical (unpaired) electrons. The van der Waals surface area contributed by atoms with Gasteiger partial charge >= 0.3 is 5.97 Å². The Hall–Kier alpha value is -2.92. The quantitative estimate of drug-likeness (QED) is 0.654. The van der Waals surface area contributed by atoms with Crippen LogP contribution in [0.1, 0.15) is 33.4 Å². The van der Waals surface area contributed by atoms with Gasteiger partial charge in [0.1, 0.15) is 0 Å². The molecule has 3 aromatic rings. The largest absolute Gasteiger partial charge is 0.481 e. The molecule has 1 aromatic heterocycles. The second-order valence-corrected chi connectivity index (χ2v) is 7.63. The van der Waals surface area contributed by atoms with Gasteiger partial charge in [-0.05, 0) is 67.1 Å². The van der Waals surface area contributed by atoms with Crippen LogP contribution < -0.4 is 10.9 Å². The molecule has 2 heterocycles. The highest BCUT2D eigenvalue weighted by Gasteiger charge is 2.24. The Bertz CT molecular complexity index is 1160. The van der Waals surface area contributed by atoms with Crippen molar-refractivity contribution >= 4 is 16.9 Å². The van der Waals surface area contributed by atoms with Crippen LogP contribution in [0.4, 0.5) is 0 Å². The van der Waals surface area contributed by atoms with E-state index in [1.165, 1.54) is 0 Å². The third-order valence-electron chi connectivity index (χ3n) is 5.83. The number of fused-ring (bicyclic) bond motifs is 3. The van der Waals surface area contributed by atoms with Crippen molar-refractivity contribution in [3.63, 3.8) is 0 Å². The minimum Gasteiger partial charge on any atom is -0.481 e. The van der Waals surface area contributed by atoms with Crippen molar-refractivity contribution in [3.8, 4) is 11.1 Å². The minimum atomic E-state index is -0.875. The maximum Gasteiger partial charge on any atom is 0.307 e. The molecule has 0 saturated heterocycles. The van der Waals surface area contributed by atoms with Crippen molar-refractivity contribution in [1.82, 2.24) is 10.3 Å². The monoisotopic (exact) mass is 376 g/mol. The molecule has 0 atom stereocenters. The van der Waals surface area contributed by atoms with Gasteiger partial charge in [-0.2, -0.15) is 0 Å². The van der Waals surface area contributed by atoms with Crippen LogP contribution in [-0.2, 0) is 24.2 Å². The standard InChI is InChI=1S/C23H24N2O3/c1-12-4-6-15(7-5-12)20-14(3)21-16-8-9-24-11-18(16)23(28)25-22(21)13(2)17(20)10-19(26)27/h4-7,24H,8-11H2,1-3H3,(H,25,28)(H,26,27). The summed E-state index contributed by atoms with van der Waals surface area (Å²) >= 11 is 0. The Morgan fingerprint density at radius 1 is 1.07 bits per heavy atom. The van der Waals surface area contributed by atoms with Crippen molar-refractivity contribution in [1.29, 1.82) is 0 Å². The summed E-state index contributed by atoms with van der Waals surface area (Å²) in [6.07, 6.45) is 0.716. The molecule has 0 unspecified atom stereocenters. The summed E-state index contributed by atoms with van der Waals surface area (Å²) in [5.41, 5.74) is 8.37. The summed E-state index contributed by atoms with van der Waals surface area (Å²) in [4.78, 5) is 27.3. The number of rotatable bonds is 3. The first-order valence-corrected chi connectivity index (χ1v) is 9.57. The van der Waals surface area contributed by atoms with Gasteiger partial charge in [0, 0.05) is 17.5 Å². The second-order valence-electron chi connectivity index (χ2n) is 7.63. The molecule has 4 rings (SSSR count). The Balaban J connectivity index is 2.15. The number of carbonyl (C=O) groups is 1. The first-order chi connectivity index (χ1) is 13.4. The number of hydrogen-bond acceptors (Lipinski definition) is 3. The van der Waals surface area contributed by atoms with Gasteiger partial charge in [0.25, 0.3) is 5.56 Å². The molecule has 0 amide bonds.